The van der Waals surface area contributed by atoms with E-state index < -0.39 is 40.9 Å². The lowest BCUT2D eigenvalue weighted by atomic mass is 9.77. The summed E-state index contributed by atoms with van der Waals surface area (Å²) in [5.41, 5.74) is 5.23. The number of hydrogen-bond donors (Lipinski definition) is 1. The lowest BCUT2D eigenvalue weighted by Gasteiger charge is -2.38. The molecule has 2 saturated carbocycles. The normalized spacial score (nSPS) is 19.9. The maximum atomic E-state index is 15.2. The summed E-state index contributed by atoms with van der Waals surface area (Å²) in [6.45, 7) is 10.2. The number of rotatable bonds is 18. The predicted octanol–water partition coefficient (Wildman–Crippen LogP) is 20.7. The second kappa shape index (κ2) is 27.9. The number of amides is 1. The highest BCUT2D eigenvalue weighted by molar-refractivity contribution is 6.09. The van der Waals surface area contributed by atoms with Gasteiger partial charge in [0.15, 0.2) is 5.60 Å². The van der Waals surface area contributed by atoms with Crippen LogP contribution in [0.2, 0.25) is 0 Å². The summed E-state index contributed by atoms with van der Waals surface area (Å²) in [4.78, 5) is 30.2. The number of halogens is 6. The third-order valence-electron chi connectivity index (χ3n) is 20.2. The number of benzene rings is 8. The minimum Gasteiger partial charge on any atom is -0.496 e. The molecule has 2 aliphatic carbocycles. The first-order chi connectivity index (χ1) is 45.4. The number of unbranched alkanes of at least 4 members (excludes halogenated alkanes) is 2. The molecule has 1 N–H and O–H groups in total. The van der Waals surface area contributed by atoms with Crippen molar-refractivity contribution in [2.45, 2.75) is 141 Å². The SMILES string of the molecule is CCCCCC1CCC(c2ccc(-c3ccc(OC(=O)C4CCCC(C(=O)Nc5ccc(-c6cc7c(-c8cc(C(F)(F)F)cc(C(F)(F)F)c8CC)c(CC)c8c(c7cc6OC)OC(c6ccccc6)(c6ccc(N7CCOCC7)cc6)C=C8)c(C)c5)C4)cc3)cc2)CC1. The van der Waals surface area contributed by atoms with Gasteiger partial charge in [0.05, 0.1) is 37.4 Å². The highest BCUT2D eigenvalue weighted by Crippen LogP contribution is 2.54. The number of anilines is 2. The molecule has 0 bridgehead atoms. The van der Waals surface area contributed by atoms with Gasteiger partial charge in [-0.1, -0.05) is 144 Å². The maximum absolute atomic E-state index is 15.2. The summed E-state index contributed by atoms with van der Waals surface area (Å²) in [5.74, 6) is 1.10. The molecule has 14 heteroatoms. The molecule has 1 saturated heterocycles. The molecule has 490 valence electrons. The number of alkyl halides is 6. The predicted molar refractivity (Wildman–Crippen MR) is 362 cm³/mol. The lowest BCUT2D eigenvalue weighted by Crippen LogP contribution is -2.37. The zero-order chi connectivity index (χ0) is 65.9. The number of carbonyl (C=O) groups excluding carboxylic acids is 2. The van der Waals surface area contributed by atoms with Crippen LogP contribution in [0.1, 0.15) is 154 Å². The minimum absolute atomic E-state index is 0.184. The molecule has 8 aromatic carbocycles. The second-order valence-electron chi connectivity index (χ2n) is 26.0. The highest BCUT2D eigenvalue weighted by Gasteiger charge is 2.43. The molecule has 8 nitrogen and oxygen atoms in total. The molecule has 0 aromatic heterocycles. The average molecular weight is 1280 g/mol. The maximum Gasteiger partial charge on any atom is 0.416 e. The number of hydrogen-bond acceptors (Lipinski definition) is 7. The van der Waals surface area contributed by atoms with Gasteiger partial charge in [-0.3, -0.25) is 9.59 Å². The topological polar surface area (TPSA) is 86.3 Å². The van der Waals surface area contributed by atoms with Crippen LogP contribution in [-0.2, 0) is 45.1 Å². The summed E-state index contributed by atoms with van der Waals surface area (Å²) in [6, 6.07) is 44.3. The molecule has 0 radical (unpaired) electrons. The van der Waals surface area contributed by atoms with Crippen LogP contribution in [0, 0.1) is 24.7 Å². The Hall–Kier alpha value is -8.36. The second-order valence-corrected chi connectivity index (χ2v) is 26.0. The number of morpholine rings is 1. The number of ether oxygens (including phenoxy) is 4. The van der Waals surface area contributed by atoms with E-state index in [9.17, 15) is 9.59 Å². The van der Waals surface area contributed by atoms with E-state index in [1.54, 1.807) is 18.2 Å². The monoisotopic (exact) mass is 1280 g/mol. The van der Waals surface area contributed by atoms with E-state index in [0.29, 0.717) is 106 Å². The van der Waals surface area contributed by atoms with Crippen molar-refractivity contribution >= 4 is 40.1 Å². The van der Waals surface area contributed by atoms with Crippen molar-refractivity contribution in [3.63, 3.8) is 0 Å². The van der Waals surface area contributed by atoms with Crippen LogP contribution in [0.4, 0.5) is 37.7 Å². The fraction of sp³-hybridized carbons (Fsp3) is 0.375. The first-order valence-electron chi connectivity index (χ1n) is 33.6. The Kier molecular flexibility index (Phi) is 19.5. The van der Waals surface area contributed by atoms with Crippen LogP contribution in [0.5, 0.6) is 17.2 Å². The van der Waals surface area contributed by atoms with Gasteiger partial charge in [-0.15, -0.1) is 0 Å². The fourth-order valence-electron chi connectivity index (χ4n) is 15.1. The Morgan fingerprint density at radius 3 is 2.00 bits per heavy atom. The van der Waals surface area contributed by atoms with Crippen molar-refractivity contribution < 1.29 is 54.9 Å². The molecule has 4 aliphatic rings. The van der Waals surface area contributed by atoms with Gasteiger partial charge in [-0.25, -0.2) is 0 Å². The van der Waals surface area contributed by atoms with Crippen molar-refractivity contribution in [3.05, 3.63) is 202 Å². The van der Waals surface area contributed by atoms with Crippen LogP contribution in [-0.4, -0.2) is 45.3 Å². The lowest BCUT2D eigenvalue weighted by molar-refractivity contribution is -0.144. The third-order valence-corrected chi connectivity index (χ3v) is 20.2. The van der Waals surface area contributed by atoms with Crippen molar-refractivity contribution in [2.24, 2.45) is 17.8 Å². The van der Waals surface area contributed by atoms with Crippen LogP contribution in [0.25, 0.3) is 50.2 Å². The number of methoxy groups -OCH3 is 1. The van der Waals surface area contributed by atoms with E-state index in [1.165, 1.54) is 71.0 Å². The molecule has 12 rings (SSSR count). The standard InChI is InChI=1S/C80H82F6N2O6/c1-6-9-11-15-51-20-22-52(23-21-51)53-24-26-54(27-25-53)55-28-35-63(36-29-55)93-77(90)57-17-14-16-56(45-57)76(89)87-61-32-37-66(50(4)44-61)68-48-70-71(49-73(68)91-5)75-67(65(8-3)74(70)69-46-60(79(81,82)83)47-72(64(69)7-2)80(84,85)86)38-39-78(94-75,58-18-12-10-13-19-58)59-30-33-62(34-31-59)88-40-42-92-43-41-88/h10,12-13,18-19,24-39,44,46-49,51-52,56-57H,6-9,11,14-17,20-23,40-43,45H2,1-5H3,(H,87,89). The number of carbonyl (C=O) groups is 2. The Morgan fingerprint density at radius 1 is 0.670 bits per heavy atom. The van der Waals surface area contributed by atoms with Crippen molar-refractivity contribution in [2.75, 3.05) is 43.6 Å². The summed E-state index contributed by atoms with van der Waals surface area (Å²) < 4.78 is 116. The van der Waals surface area contributed by atoms with Crippen molar-refractivity contribution in [1.29, 1.82) is 0 Å². The number of nitrogens with zero attached hydrogens (tertiary/aromatic N) is 1. The number of nitrogens with one attached hydrogen (secondary N) is 1. The Morgan fingerprint density at radius 2 is 1.35 bits per heavy atom. The zero-order valence-electron chi connectivity index (χ0n) is 54.2. The minimum atomic E-state index is -5.12. The Bertz CT molecular complexity index is 4060. The van der Waals surface area contributed by atoms with Gasteiger partial charge in [0.25, 0.3) is 0 Å². The number of fused-ring (bicyclic) bond motifs is 3. The van der Waals surface area contributed by atoms with Gasteiger partial charge in [0.1, 0.15) is 17.2 Å². The van der Waals surface area contributed by atoms with E-state index in [-0.39, 0.29) is 47.5 Å². The van der Waals surface area contributed by atoms with E-state index in [0.717, 1.165) is 53.0 Å². The molecule has 3 unspecified atom stereocenters. The largest absolute Gasteiger partial charge is 0.496 e. The van der Waals surface area contributed by atoms with Crippen molar-refractivity contribution in [1.82, 2.24) is 0 Å². The van der Waals surface area contributed by atoms with E-state index in [1.807, 2.05) is 117 Å². The summed E-state index contributed by atoms with van der Waals surface area (Å²) >= 11 is 0. The molecule has 1 amide bonds. The van der Waals surface area contributed by atoms with E-state index in [2.05, 4.69) is 41.4 Å². The molecule has 0 spiro atoms. The zero-order valence-corrected chi connectivity index (χ0v) is 54.2. The summed E-state index contributed by atoms with van der Waals surface area (Å²) in [7, 11) is 1.51. The van der Waals surface area contributed by atoms with Gasteiger partial charge in [-0.2, -0.15) is 26.3 Å². The first kappa shape index (κ1) is 65.7. The summed E-state index contributed by atoms with van der Waals surface area (Å²) in [5, 5.41) is 3.87. The highest BCUT2D eigenvalue weighted by atomic mass is 19.4. The smallest absolute Gasteiger partial charge is 0.416 e. The fourth-order valence-corrected chi connectivity index (χ4v) is 15.1. The van der Waals surface area contributed by atoms with E-state index >= 15 is 26.3 Å². The molecule has 8 aromatic rings. The Labute approximate surface area is 547 Å². The van der Waals surface area contributed by atoms with Crippen LogP contribution < -0.4 is 24.4 Å². The molecule has 3 fully saturated rings. The summed E-state index contributed by atoms with van der Waals surface area (Å²) in [6.07, 6.45) is 6.15. The van der Waals surface area contributed by atoms with Gasteiger partial charge >= 0.3 is 18.3 Å². The number of aryl methyl sites for hydroxylation is 1. The quantitative estimate of drug-likeness (QED) is 0.0396. The Balaban J connectivity index is 0.829. The third kappa shape index (κ3) is 13.6. The molecule has 2 aliphatic heterocycles. The van der Waals surface area contributed by atoms with Gasteiger partial charge in [0.2, 0.25) is 5.91 Å². The van der Waals surface area contributed by atoms with Crippen LogP contribution in [0.3, 0.4) is 0 Å². The first-order valence-corrected chi connectivity index (χ1v) is 33.6. The van der Waals surface area contributed by atoms with Crippen LogP contribution >= 0.6 is 0 Å². The molecule has 3 atom stereocenters. The van der Waals surface area contributed by atoms with Crippen LogP contribution in [0.15, 0.2) is 152 Å². The molecule has 2 heterocycles. The molecule has 94 heavy (non-hydrogen) atoms. The molecular weight excluding hydrogens is 1200 g/mol. The van der Waals surface area contributed by atoms with Gasteiger partial charge < -0.3 is 29.2 Å². The average Bonchev–Trinajstić information content (AvgIpc) is 0.714. The van der Waals surface area contributed by atoms with Crippen molar-refractivity contribution in [3.8, 4) is 50.6 Å². The van der Waals surface area contributed by atoms with Gasteiger partial charge in [0, 0.05) is 58.0 Å². The molecular formula is C80H82F6N2O6. The van der Waals surface area contributed by atoms with E-state index in [4.69, 9.17) is 18.9 Å². The van der Waals surface area contributed by atoms with Gasteiger partial charge in [-0.05, 0) is 199 Å². The number of esters is 1.